The number of pyridine rings is 1. The lowest BCUT2D eigenvalue weighted by Gasteiger charge is -2.36. The van der Waals surface area contributed by atoms with Crippen molar-refractivity contribution >= 4 is 17.5 Å². The molecule has 0 spiro atoms. The van der Waals surface area contributed by atoms with Crippen LogP contribution in [0.5, 0.6) is 5.75 Å². The number of hydrogen-bond donors (Lipinski definition) is 1. The predicted molar refractivity (Wildman–Crippen MR) is 139 cm³/mol. The van der Waals surface area contributed by atoms with Gasteiger partial charge in [0.15, 0.2) is 0 Å². The largest absolute Gasteiger partial charge is 0.491 e. The first-order valence-corrected chi connectivity index (χ1v) is 12.8. The van der Waals surface area contributed by atoms with E-state index in [4.69, 9.17) is 9.47 Å². The number of hydrogen-bond acceptors (Lipinski definition) is 6. The van der Waals surface area contributed by atoms with Crippen molar-refractivity contribution < 1.29 is 19.1 Å². The van der Waals surface area contributed by atoms with Crippen molar-refractivity contribution in [1.82, 2.24) is 14.8 Å². The fourth-order valence-corrected chi connectivity index (χ4v) is 4.78. The van der Waals surface area contributed by atoms with Gasteiger partial charge in [-0.15, -0.1) is 0 Å². The SMILES string of the molecule is CO[C@@H]1CN(C)C(=O)c2ccc(NC(=O)C3CCC3)cc2OC[C@@H](C)N(Cc2ccncc2)C[C@H]1C. The molecule has 8 heteroatoms. The van der Waals surface area contributed by atoms with E-state index in [0.29, 0.717) is 30.2 Å². The zero-order chi connectivity index (χ0) is 25.7. The summed E-state index contributed by atoms with van der Waals surface area (Å²) in [5.74, 6) is 0.660. The highest BCUT2D eigenvalue weighted by Gasteiger charge is 2.29. The molecule has 2 aromatic rings. The first-order valence-electron chi connectivity index (χ1n) is 12.8. The van der Waals surface area contributed by atoms with E-state index in [1.165, 1.54) is 5.56 Å². The molecule has 0 radical (unpaired) electrons. The van der Waals surface area contributed by atoms with Gasteiger partial charge in [-0.25, -0.2) is 0 Å². The number of ether oxygens (including phenoxy) is 2. The Labute approximate surface area is 214 Å². The van der Waals surface area contributed by atoms with Crippen molar-refractivity contribution in [2.24, 2.45) is 11.8 Å². The third-order valence-corrected chi connectivity index (χ3v) is 7.45. The van der Waals surface area contributed by atoms with Crippen LogP contribution >= 0.6 is 0 Å². The molecule has 1 saturated carbocycles. The molecule has 0 saturated heterocycles. The van der Waals surface area contributed by atoms with Crippen molar-refractivity contribution in [3.63, 3.8) is 0 Å². The summed E-state index contributed by atoms with van der Waals surface area (Å²) in [5, 5.41) is 3.00. The first kappa shape index (κ1) is 26.1. The highest BCUT2D eigenvalue weighted by atomic mass is 16.5. The molecule has 1 fully saturated rings. The molecule has 1 aliphatic carbocycles. The fraction of sp³-hybridized carbons (Fsp3) is 0.536. The maximum Gasteiger partial charge on any atom is 0.257 e. The van der Waals surface area contributed by atoms with E-state index in [-0.39, 0.29) is 35.8 Å². The van der Waals surface area contributed by atoms with Gasteiger partial charge in [-0.3, -0.25) is 19.5 Å². The lowest BCUT2D eigenvalue weighted by atomic mass is 9.85. The Kier molecular flexibility index (Phi) is 8.59. The molecule has 1 aromatic carbocycles. The van der Waals surface area contributed by atoms with Crippen LogP contribution in [-0.2, 0) is 16.1 Å². The Balaban J connectivity index is 1.61. The molecule has 2 heterocycles. The molecule has 1 aromatic heterocycles. The van der Waals surface area contributed by atoms with Gasteiger partial charge in [0.05, 0.1) is 11.7 Å². The molecule has 1 aliphatic heterocycles. The summed E-state index contributed by atoms with van der Waals surface area (Å²) < 4.78 is 12.1. The van der Waals surface area contributed by atoms with Gasteiger partial charge in [0, 0.05) is 69.9 Å². The number of fused-ring (bicyclic) bond motifs is 1. The molecule has 194 valence electrons. The molecule has 4 rings (SSSR count). The minimum Gasteiger partial charge on any atom is -0.491 e. The second-order valence-electron chi connectivity index (χ2n) is 10.2. The van der Waals surface area contributed by atoms with Crippen molar-refractivity contribution in [2.75, 3.05) is 39.2 Å². The number of aromatic nitrogens is 1. The monoisotopic (exact) mass is 494 g/mol. The summed E-state index contributed by atoms with van der Waals surface area (Å²) in [4.78, 5) is 34.1. The Morgan fingerprint density at radius 2 is 1.92 bits per heavy atom. The van der Waals surface area contributed by atoms with Crippen LogP contribution in [0.2, 0.25) is 0 Å². The molecule has 1 N–H and O–H groups in total. The number of amides is 2. The quantitative estimate of drug-likeness (QED) is 0.680. The van der Waals surface area contributed by atoms with Crippen LogP contribution in [0.15, 0.2) is 42.7 Å². The number of benzene rings is 1. The Hall–Kier alpha value is -2.97. The maximum absolute atomic E-state index is 13.4. The lowest BCUT2D eigenvalue weighted by molar-refractivity contribution is -0.122. The summed E-state index contributed by atoms with van der Waals surface area (Å²) in [6.07, 6.45) is 6.47. The normalized spacial score (nSPS) is 24.1. The summed E-state index contributed by atoms with van der Waals surface area (Å²) in [5.41, 5.74) is 2.31. The van der Waals surface area contributed by atoms with E-state index in [9.17, 15) is 9.59 Å². The molecular weight excluding hydrogens is 456 g/mol. The molecule has 2 amide bonds. The third kappa shape index (κ3) is 6.23. The second kappa shape index (κ2) is 11.8. The van der Waals surface area contributed by atoms with E-state index >= 15 is 0 Å². The summed E-state index contributed by atoms with van der Waals surface area (Å²) in [7, 11) is 3.50. The van der Waals surface area contributed by atoms with Crippen LogP contribution in [0.3, 0.4) is 0 Å². The van der Waals surface area contributed by atoms with E-state index < -0.39 is 0 Å². The van der Waals surface area contributed by atoms with Crippen molar-refractivity contribution in [1.29, 1.82) is 0 Å². The van der Waals surface area contributed by atoms with Gasteiger partial charge < -0.3 is 19.7 Å². The van der Waals surface area contributed by atoms with Crippen LogP contribution in [0.1, 0.15) is 49.0 Å². The Bertz CT molecular complexity index is 1040. The third-order valence-electron chi connectivity index (χ3n) is 7.45. The van der Waals surface area contributed by atoms with E-state index in [0.717, 1.165) is 32.4 Å². The summed E-state index contributed by atoms with van der Waals surface area (Å²) in [6, 6.07) is 9.45. The number of methoxy groups -OCH3 is 1. The number of nitrogens with one attached hydrogen (secondary N) is 1. The number of nitrogens with zero attached hydrogens (tertiary/aromatic N) is 3. The minimum absolute atomic E-state index is 0.0339. The van der Waals surface area contributed by atoms with Crippen LogP contribution in [-0.4, -0.2) is 72.6 Å². The molecule has 36 heavy (non-hydrogen) atoms. The Morgan fingerprint density at radius 3 is 2.58 bits per heavy atom. The molecular formula is C28H38N4O4. The smallest absolute Gasteiger partial charge is 0.257 e. The molecule has 0 bridgehead atoms. The van der Waals surface area contributed by atoms with Gasteiger partial charge >= 0.3 is 0 Å². The number of rotatable bonds is 5. The van der Waals surface area contributed by atoms with Crippen LogP contribution in [0, 0.1) is 11.8 Å². The standard InChI is InChI=1S/C28H38N4O4/c1-19-15-32(16-21-10-12-29-13-11-21)20(2)18-36-25-14-23(30-27(33)22-6-5-7-22)8-9-24(25)28(34)31(3)17-26(19)35-4/h8-14,19-20,22,26H,5-7,15-18H2,1-4H3,(H,30,33)/t19-,20-,26-/m1/s1. The van der Waals surface area contributed by atoms with Crippen LogP contribution in [0.4, 0.5) is 5.69 Å². The topological polar surface area (TPSA) is 84.0 Å². The van der Waals surface area contributed by atoms with Crippen molar-refractivity contribution in [3.8, 4) is 5.75 Å². The van der Waals surface area contributed by atoms with Crippen molar-refractivity contribution in [2.45, 2.75) is 51.8 Å². The zero-order valence-corrected chi connectivity index (χ0v) is 21.8. The fourth-order valence-electron chi connectivity index (χ4n) is 4.78. The van der Waals surface area contributed by atoms with Crippen LogP contribution in [0.25, 0.3) is 0 Å². The van der Waals surface area contributed by atoms with Gasteiger partial charge in [-0.1, -0.05) is 13.3 Å². The van der Waals surface area contributed by atoms with E-state index in [1.54, 1.807) is 37.3 Å². The summed E-state index contributed by atoms with van der Waals surface area (Å²) in [6.45, 7) is 6.71. The maximum atomic E-state index is 13.4. The van der Waals surface area contributed by atoms with Gasteiger partial charge in [0.2, 0.25) is 5.91 Å². The predicted octanol–water partition coefficient (Wildman–Crippen LogP) is 3.83. The molecule has 3 atom stereocenters. The minimum atomic E-state index is -0.127. The van der Waals surface area contributed by atoms with Gasteiger partial charge in [0.1, 0.15) is 12.4 Å². The number of anilines is 1. The second-order valence-corrected chi connectivity index (χ2v) is 10.2. The average Bonchev–Trinajstić information content (AvgIpc) is 2.83. The first-order chi connectivity index (χ1) is 17.4. The number of carbonyl (C=O) groups excluding carboxylic acids is 2. The van der Waals surface area contributed by atoms with Gasteiger partial charge in [-0.05, 0) is 55.5 Å². The highest BCUT2D eigenvalue weighted by Crippen LogP contribution is 2.30. The van der Waals surface area contributed by atoms with E-state index in [1.807, 2.05) is 24.5 Å². The number of carbonyl (C=O) groups is 2. The average molecular weight is 495 g/mol. The molecule has 0 unspecified atom stereocenters. The van der Waals surface area contributed by atoms with Crippen molar-refractivity contribution in [3.05, 3.63) is 53.9 Å². The molecule has 2 aliphatic rings. The highest BCUT2D eigenvalue weighted by molar-refractivity contribution is 5.99. The van der Waals surface area contributed by atoms with E-state index in [2.05, 4.69) is 29.0 Å². The Morgan fingerprint density at radius 1 is 1.17 bits per heavy atom. The van der Waals surface area contributed by atoms with Gasteiger partial charge in [0.25, 0.3) is 5.91 Å². The molecule has 8 nitrogen and oxygen atoms in total. The number of likely N-dealkylation sites (N-methyl/N-ethyl adjacent to an activating group) is 1. The van der Waals surface area contributed by atoms with Gasteiger partial charge in [-0.2, -0.15) is 0 Å². The summed E-state index contributed by atoms with van der Waals surface area (Å²) >= 11 is 0. The zero-order valence-electron chi connectivity index (χ0n) is 21.8. The van der Waals surface area contributed by atoms with Crippen LogP contribution < -0.4 is 10.1 Å². The lowest BCUT2D eigenvalue weighted by Crippen LogP contribution is -2.46.